The van der Waals surface area contributed by atoms with Crippen LogP contribution in [0, 0.1) is 0 Å². The Kier molecular flexibility index (Phi) is 6.98. The summed E-state index contributed by atoms with van der Waals surface area (Å²) in [5.41, 5.74) is 1.96. The van der Waals surface area contributed by atoms with E-state index in [0.29, 0.717) is 5.75 Å². The summed E-state index contributed by atoms with van der Waals surface area (Å²) in [6, 6.07) is 25.3. The van der Waals surface area contributed by atoms with Crippen LogP contribution in [0.1, 0.15) is 12.5 Å². The number of rotatable bonds is 8. The first-order valence-corrected chi connectivity index (χ1v) is 10.0. The normalized spacial score (nSPS) is 11.5. The Morgan fingerprint density at radius 2 is 1.57 bits per heavy atom. The lowest BCUT2D eigenvalue weighted by Gasteiger charge is -2.15. The second-order valence-corrected chi connectivity index (χ2v) is 7.27. The Bertz CT molecular complexity index is 880. The summed E-state index contributed by atoms with van der Waals surface area (Å²) in [4.78, 5) is 13.6. The number of carbonyl (C=O) groups is 1. The van der Waals surface area contributed by atoms with Crippen molar-refractivity contribution in [3.63, 3.8) is 0 Å². The fourth-order valence-electron chi connectivity index (χ4n) is 2.52. The number of nitrogens with one attached hydrogen (secondary N) is 1. The molecule has 1 atom stereocenters. The Labute approximate surface area is 169 Å². The van der Waals surface area contributed by atoms with Gasteiger partial charge in [-0.1, -0.05) is 30.3 Å². The van der Waals surface area contributed by atoms with E-state index >= 15 is 0 Å². The van der Waals surface area contributed by atoms with E-state index in [4.69, 9.17) is 9.47 Å². The molecule has 0 unspecified atom stereocenters. The molecule has 3 aromatic carbocycles. The minimum Gasteiger partial charge on any atom is -0.497 e. The predicted molar refractivity (Wildman–Crippen MR) is 114 cm³/mol. The fraction of sp³-hybridized carbons (Fsp3) is 0.174. The highest BCUT2D eigenvalue weighted by Gasteiger charge is 2.15. The number of hydrogen-bond donors (Lipinski definition) is 1. The monoisotopic (exact) mass is 393 g/mol. The van der Waals surface area contributed by atoms with Gasteiger partial charge in [0.05, 0.1) is 7.11 Å². The van der Waals surface area contributed by atoms with Gasteiger partial charge in [0.1, 0.15) is 11.5 Å². The summed E-state index contributed by atoms with van der Waals surface area (Å²) in [6.45, 7) is 1.73. The molecule has 4 nitrogen and oxygen atoms in total. The van der Waals surface area contributed by atoms with Crippen LogP contribution in [-0.4, -0.2) is 19.1 Å². The smallest absolute Gasteiger partial charge is 0.265 e. The van der Waals surface area contributed by atoms with E-state index in [1.54, 1.807) is 50.1 Å². The van der Waals surface area contributed by atoms with E-state index in [2.05, 4.69) is 17.4 Å². The zero-order chi connectivity index (χ0) is 19.8. The zero-order valence-electron chi connectivity index (χ0n) is 15.9. The van der Waals surface area contributed by atoms with Crippen LogP contribution < -0.4 is 14.8 Å². The van der Waals surface area contributed by atoms with Crippen molar-refractivity contribution in [3.05, 3.63) is 84.4 Å². The van der Waals surface area contributed by atoms with E-state index in [1.165, 1.54) is 10.5 Å². The molecule has 3 aromatic rings. The molecule has 0 aliphatic heterocycles. The summed E-state index contributed by atoms with van der Waals surface area (Å²) < 4.78 is 10.8. The number of carbonyl (C=O) groups excluding carboxylic acids is 1. The van der Waals surface area contributed by atoms with Crippen LogP contribution in [0.3, 0.4) is 0 Å². The first-order chi connectivity index (χ1) is 13.6. The summed E-state index contributed by atoms with van der Waals surface area (Å²) in [5, 5.41) is 2.89. The Hall–Kier alpha value is -2.92. The topological polar surface area (TPSA) is 47.6 Å². The van der Waals surface area contributed by atoms with Crippen molar-refractivity contribution in [1.82, 2.24) is 0 Å². The van der Waals surface area contributed by atoms with Gasteiger partial charge in [0.15, 0.2) is 6.10 Å². The molecule has 0 bridgehead atoms. The molecule has 0 aliphatic rings. The van der Waals surface area contributed by atoms with E-state index in [1.807, 2.05) is 42.5 Å². The molecule has 3 rings (SSSR count). The van der Waals surface area contributed by atoms with Crippen molar-refractivity contribution in [2.75, 3.05) is 12.4 Å². The molecule has 0 aliphatic carbocycles. The van der Waals surface area contributed by atoms with Gasteiger partial charge in [0, 0.05) is 16.3 Å². The van der Waals surface area contributed by atoms with Gasteiger partial charge in [-0.2, -0.15) is 0 Å². The van der Waals surface area contributed by atoms with Gasteiger partial charge in [-0.25, -0.2) is 0 Å². The molecule has 1 amide bonds. The molecule has 0 saturated heterocycles. The first-order valence-electron chi connectivity index (χ1n) is 9.02. The molecule has 144 valence electrons. The van der Waals surface area contributed by atoms with Crippen molar-refractivity contribution >= 4 is 23.4 Å². The van der Waals surface area contributed by atoms with E-state index in [0.717, 1.165) is 17.2 Å². The number of thioether (sulfide) groups is 1. The maximum atomic E-state index is 12.4. The number of anilines is 1. The average Bonchev–Trinajstić information content (AvgIpc) is 2.74. The third kappa shape index (κ3) is 5.79. The molecular formula is C23H23NO3S. The molecule has 0 heterocycles. The van der Waals surface area contributed by atoms with Gasteiger partial charge in [-0.15, -0.1) is 11.8 Å². The molecule has 0 fully saturated rings. The third-order valence-electron chi connectivity index (χ3n) is 4.11. The highest BCUT2D eigenvalue weighted by atomic mass is 32.2. The summed E-state index contributed by atoms with van der Waals surface area (Å²) in [7, 11) is 1.61. The summed E-state index contributed by atoms with van der Waals surface area (Å²) >= 11 is 1.79. The van der Waals surface area contributed by atoms with Gasteiger partial charge in [-0.3, -0.25) is 4.79 Å². The van der Waals surface area contributed by atoms with E-state index in [-0.39, 0.29) is 5.91 Å². The number of methoxy groups -OCH3 is 1. The average molecular weight is 394 g/mol. The van der Waals surface area contributed by atoms with Crippen LogP contribution in [0.2, 0.25) is 0 Å². The number of benzene rings is 3. The van der Waals surface area contributed by atoms with E-state index in [9.17, 15) is 4.79 Å². The van der Waals surface area contributed by atoms with Crippen molar-refractivity contribution in [3.8, 4) is 11.5 Å². The Morgan fingerprint density at radius 3 is 2.21 bits per heavy atom. The minimum atomic E-state index is -0.610. The van der Waals surface area contributed by atoms with Gasteiger partial charge in [-0.05, 0) is 61.0 Å². The molecule has 28 heavy (non-hydrogen) atoms. The predicted octanol–water partition coefficient (Wildman–Crippen LogP) is 5.39. The fourth-order valence-corrected chi connectivity index (χ4v) is 3.40. The van der Waals surface area contributed by atoms with Crippen molar-refractivity contribution in [2.24, 2.45) is 0 Å². The SMILES string of the molecule is COc1ccc(O[C@H](C)C(=O)Nc2ccc(CSc3ccccc3)cc2)cc1. The van der Waals surface area contributed by atoms with Crippen molar-refractivity contribution in [2.45, 2.75) is 23.7 Å². The highest BCUT2D eigenvalue weighted by Crippen LogP contribution is 2.23. The second kappa shape index (κ2) is 9.85. The largest absolute Gasteiger partial charge is 0.497 e. The lowest BCUT2D eigenvalue weighted by Crippen LogP contribution is -2.30. The van der Waals surface area contributed by atoms with Crippen LogP contribution in [0.25, 0.3) is 0 Å². The molecule has 0 radical (unpaired) electrons. The minimum absolute atomic E-state index is 0.192. The molecule has 0 spiro atoms. The quantitative estimate of drug-likeness (QED) is 0.521. The van der Waals surface area contributed by atoms with Gasteiger partial charge >= 0.3 is 0 Å². The van der Waals surface area contributed by atoms with Crippen LogP contribution >= 0.6 is 11.8 Å². The Morgan fingerprint density at radius 1 is 0.929 bits per heavy atom. The van der Waals surface area contributed by atoms with Gasteiger partial charge in [0.2, 0.25) is 0 Å². The maximum Gasteiger partial charge on any atom is 0.265 e. The maximum absolute atomic E-state index is 12.4. The van der Waals surface area contributed by atoms with Crippen LogP contribution in [-0.2, 0) is 10.5 Å². The van der Waals surface area contributed by atoms with Crippen LogP contribution in [0.5, 0.6) is 11.5 Å². The Balaban J connectivity index is 1.50. The third-order valence-corrected chi connectivity index (χ3v) is 5.19. The van der Waals surface area contributed by atoms with Gasteiger partial charge in [0.25, 0.3) is 5.91 Å². The van der Waals surface area contributed by atoms with Gasteiger partial charge < -0.3 is 14.8 Å². The van der Waals surface area contributed by atoms with Crippen molar-refractivity contribution in [1.29, 1.82) is 0 Å². The lowest BCUT2D eigenvalue weighted by molar-refractivity contribution is -0.122. The molecule has 0 aromatic heterocycles. The summed E-state index contributed by atoms with van der Waals surface area (Å²) in [5.74, 6) is 2.06. The lowest BCUT2D eigenvalue weighted by atomic mass is 10.2. The number of amides is 1. The zero-order valence-corrected chi connectivity index (χ0v) is 16.7. The highest BCUT2D eigenvalue weighted by molar-refractivity contribution is 7.98. The van der Waals surface area contributed by atoms with Crippen LogP contribution in [0.4, 0.5) is 5.69 Å². The van der Waals surface area contributed by atoms with Crippen molar-refractivity contribution < 1.29 is 14.3 Å². The first kappa shape index (κ1) is 19.8. The standard InChI is InChI=1S/C23H23NO3S/c1-17(27-21-14-12-20(26-2)13-15-21)23(25)24-19-10-8-18(9-11-19)16-28-22-6-4-3-5-7-22/h3-15,17H,16H2,1-2H3,(H,24,25)/t17-/m1/s1. The van der Waals surface area contributed by atoms with Crippen LogP contribution in [0.15, 0.2) is 83.8 Å². The number of hydrogen-bond acceptors (Lipinski definition) is 4. The molecular weight excluding hydrogens is 370 g/mol. The molecule has 1 N–H and O–H groups in total. The van der Waals surface area contributed by atoms with E-state index < -0.39 is 6.10 Å². The molecule has 0 saturated carbocycles. The summed E-state index contributed by atoms with van der Waals surface area (Å²) in [6.07, 6.45) is -0.610. The number of ether oxygens (including phenoxy) is 2. The molecule has 5 heteroatoms. The second-order valence-electron chi connectivity index (χ2n) is 6.22.